The molecule has 23 heavy (non-hydrogen) atoms. The van der Waals surface area contributed by atoms with Crippen LogP contribution in [0.1, 0.15) is 80.7 Å². The molecule has 0 aliphatic heterocycles. The first-order valence-electron chi connectivity index (χ1n) is 9.47. The summed E-state index contributed by atoms with van der Waals surface area (Å²) in [6, 6.07) is 4.36. The zero-order valence-corrected chi connectivity index (χ0v) is 16.0. The highest BCUT2D eigenvalue weighted by Gasteiger charge is 2.15. The van der Waals surface area contributed by atoms with Crippen LogP contribution in [0.3, 0.4) is 0 Å². The number of nitrogens with zero attached hydrogens (tertiary/aromatic N) is 1. The van der Waals surface area contributed by atoms with E-state index in [4.69, 9.17) is 0 Å². The van der Waals surface area contributed by atoms with Gasteiger partial charge < -0.3 is 10.0 Å². The Morgan fingerprint density at radius 2 is 1.43 bits per heavy atom. The molecule has 1 aromatic carbocycles. The van der Waals surface area contributed by atoms with Gasteiger partial charge in [0.15, 0.2) is 0 Å². The molecule has 0 heterocycles. The van der Waals surface area contributed by atoms with Gasteiger partial charge in [0, 0.05) is 6.54 Å². The summed E-state index contributed by atoms with van der Waals surface area (Å²) in [6.45, 7) is 14.2. The van der Waals surface area contributed by atoms with Crippen LogP contribution in [0.25, 0.3) is 0 Å². The van der Waals surface area contributed by atoms with Gasteiger partial charge in [0.2, 0.25) is 0 Å². The van der Waals surface area contributed by atoms with E-state index < -0.39 is 0 Å². The maximum Gasteiger partial charge on any atom is 0.0807 e. The minimum atomic E-state index is -0.342. The molecule has 0 bridgehead atoms. The number of benzene rings is 1. The second kappa shape index (κ2) is 10.8. The van der Waals surface area contributed by atoms with Crippen molar-refractivity contribution in [2.24, 2.45) is 0 Å². The van der Waals surface area contributed by atoms with Crippen molar-refractivity contribution < 1.29 is 5.11 Å². The minimum absolute atomic E-state index is 0.342. The molecule has 1 unspecified atom stereocenters. The van der Waals surface area contributed by atoms with Gasteiger partial charge in [0.25, 0.3) is 0 Å². The highest BCUT2D eigenvalue weighted by atomic mass is 16.3. The van der Waals surface area contributed by atoms with Crippen molar-refractivity contribution in [2.75, 3.05) is 19.6 Å². The number of hydrogen-bond donors (Lipinski definition) is 1. The number of rotatable bonds is 11. The average molecular weight is 320 g/mol. The second-order valence-corrected chi connectivity index (χ2v) is 7.02. The van der Waals surface area contributed by atoms with E-state index in [0.29, 0.717) is 0 Å². The monoisotopic (exact) mass is 319 g/mol. The quantitative estimate of drug-likeness (QED) is 0.557. The van der Waals surface area contributed by atoms with Gasteiger partial charge in [-0.05, 0) is 69.8 Å². The Morgan fingerprint density at radius 1 is 0.870 bits per heavy atom. The molecule has 1 atom stereocenters. The van der Waals surface area contributed by atoms with Crippen LogP contribution in [-0.4, -0.2) is 29.6 Å². The van der Waals surface area contributed by atoms with Crippen LogP contribution in [0.15, 0.2) is 12.1 Å². The molecule has 2 heteroatoms. The number of aryl methyl sites for hydroxylation is 3. The maximum absolute atomic E-state index is 10.7. The van der Waals surface area contributed by atoms with E-state index in [0.717, 1.165) is 18.5 Å². The maximum atomic E-state index is 10.7. The summed E-state index contributed by atoms with van der Waals surface area (Å²) in [5.41, 5.74) is 4.86. The molecule has 0 amide bonds. The third-order valence-electron chi connectivity index (χ3n) is 4.70. The molecule has 0 spiro atoms. The zero-order valence-electron chi connectivity index (χ0n) is 16.0. The molecule has 1 rings (SSSR count). The Bertz CT molecular complexity index is 432. The molecule has 0 aliphatic rings. The molecular weight excluding hydrogens is 282 g/mol. The van der Waals surface area contributed by atoms with Crippen LogP contribution in [0.4, 0.5) is 0 Å². The first kappa shape index (κ1) is 20.2. The molecule has 0 aliphatic carbocycles. The number of aliphatic hydroxyl groups is 1. The lowest BCUT2D eigenvalue weighted by Gasteiger charge is -2.25. The van der Waals surface area contributed by atoms with E-state index in [1.54, 1.807) is 0 Å². The molecule has 0 saturated carbocycles. The summed E-state index contributed by atoms with van der Waals surface area (Å²) < 4.78 is 0. The third-order valence-corrected chi connectivity index (χ3v) is 4.70. The molecule has 0 radical (unpaired) electrons. The Labute approximate surface area is 143 Å². The van der Waals surface area contributed by atoms with Crippen LogP contribution in [0, 0.1) is 20.8 Å². The van der Waals surface area contributed by atoms with Crippen molar-refractivity contribution in [3.8, 4) is 0 Å². The van der Waals surface area contributed by atoms with E-state index in [9.17, 15) is 5.11 Å². The average Bonchev–Trinajstić information content (AvgIpc) is 2.48. The summed E-state index contributed by atoms with van der Waals surface area (Å²) in [6.07, 6.45) is 6.84. The fourth-order valence-corrected chi connectivity index (χ4v) is 3.47. The van der Waals surface area contributed by atoms with Gasteiger partial charge in [0.1, 0.15) is 0 Å². The lowest BCUT2D eigenvalue weighted by atomic mass is 9.94. The second-order valence-electron chi connectivity index (χ2n) is 7.02. The van der Waals surface area contributed by atoms with E-state index in [-0.39, 0.29) is 6.10 Å². The third kappa shape index (κ3) is 7.05. The van der Waals surface area contributed by atoms with Gasteiger partial charge in [-0.25, -0.2) is 0 Å². The minimum Gasteiger partial charge on any atom is -0.388 e. The Kier molecular flexibility index (Phi) is 9.50. The van der Waals surface area contributed by atoms with Gasteiger partial charge in [-0.1, -0.05) is 50.8 Å². The number of unbranched alkanes of at least 4 members (excludes halogenated alkanes) is 3. The van der Waals surface area contributed by atoms with Crippen molar-refractivity contribution in [3.05, 3.63) is 34.4 Å². The Balaban J connectivity index is 2.61. The molecular formula is C21H37NO. The van der Waals surface area contributed by atoms with Crippen LogP contribution >= 0.6 is 0 Å². The summed E-state index contributed by atoms with van der Waals surface area (Å²) in [7, 11) is 0. The van der Waals surface area contributed by atoms with Crippen molar-refractivity contribution >= 4 is 0 Å². The molecule has 2 nitrogen and oxygen atoms in total. The van der Waals surface area contributed by atoms with Crippen LogP contribution in [-0.2, 0) is 0 Å². The predicted molar refractivity (Wildman–Crippen MR) is 101 cm³/mol. The van der Waals surface area contributed by atoms with Gasteiger partial charge in [-0.2, -0.15) is 0 Å². The zero-order chi connectivity index (χ0) is 17.2. The van der Waals surface area contributed by atoms with E-state index in [2.05, 4.69) is 51.7 Å². The molecule has 1 aromatic rings. The van der Waals surface area contributed by atoms with Crippen molar-refractivity contribution in [2.45, 2.75) is 79.2 Å². The molecule has 1 N–H and O–H groups in total. The number of hydrogen-bond acceptors (Lipinski definition) is 2. The van der Waals surface area contributed by atoms with Crippen molar-refractivity contribution in [1.29, 1.82) is 0 Å². The highest BCUT2D eigenvalue weighted by Crippen LogP contribution is 2.26. The molecule has 0 fully saturated rings. The van der Waals surface area contributed by atoms with Crippen LogP contribution in [0.2, 0.25) is 0 Å². The highest BCUT2D eigenvalue weighted by molar-refractivity contribution is 5.38. The van der Waals surface area contributed by atoms with Gasteiger partial charge in [0.05, 0.1) is 6.10 Å². The SMILES string of the molecule is CCCCCN(CCCC)CCC(O)c1c(C)cc(C)cc1C. The first-order valence-corrected chi connectivity index (χ1v) is 9.47. The lowest BCUT2D eigenvalue weighted by molar-refractivity contribution is 0.139. The number of aliphatic hydroxyl groups excluding tert-OH is 1. The smallest absolute Gasteiger partial charge is 0.0807 e. The molecule has 132 valence electrons. The van der Waals surface area contributed by atoms with E-state index in [1.807, 2.05) is 0 Å². The van der Waals surface area contributed by atoms with E-state index in [1.165, 1.54) is 61.9 Å². The first-order chi connectivity index (χ1) is 11.0. The van der Waals surface area contributed by atoms with Crippen molar-refractivity contribution in [3.63, 3.8) is 0 Å². The normalized spacial score (nSPS) is 12.8. The van der Waals surface area contributed by atoms with Crippen LogP contribution in [0.5, 0.6) is 0 Å². The van der Waals surface area contributed by atoms with Gasteiger partial charge in [-0.15, -0.1) is 0 Å². The standard InChI is InChI=1S/C21H37NO/c1-6-8-10-13-22(12-9-7-2)14-11-20(23)21-18(4)15-17(3)16-19(21)5/h15-16,20,23H,6-14H2,1-5H3. The Morgan fingerprint density at radius 3 is 2.00 bits per heavy atom. The molecule has 0 saturated heterocycles. The predicted octanol–water partition coefficient (Wildman–Crippen LogP) is 5.33. The summed E-state index contributed by atoms with van der Waals surface area (Å²) >= 11 is 0. The van der Waals surface area contributed by atoms with Crippen molar-refractivity contribution in [1.82, 2.24) is 4.90 Å². The summed E-state index contributed by atoms with van der Waals surface area (Å²) in [5, 5.41) is 10.7. The Hall–Kier alpha value is -0.860. The van der Waals surface area contributed by atoms with Gasteiger partial charge in [-0.3, -0.25) is 0 Å². The lowest BCUT2D eigenvalue weighted by Crippen LogP contribution is -2.28. The molecule has 0 aromatic heterocycles. The van der Waals surface area contributed by atoms with E-state index >= 15 is 0 Å². The van der Waals surface area contributed by atoms with Gasteiger partial charge >= 0.3 is 0 Å². The fraction of sp³-hybridized carbons (Fsp3) is 0.714. The largest absolute Gasteiger partial charge is 0.388 e. The van der Waals surface area contributed by atoms with Crippen LogP contribution < -0.4 is 0 Å². The topological polar surface area (TPSA) is 23.5 Å². The summed E-state index contributed by atoms with van der Waals surface area (Å²) in [5.74, 6) is 0. The fourth-order valence-electron chi connectivity index (χ4n) is 3.47. The summed E-state index contributed by atoms with van der Waals surface area (Å²) in [4.78, 5) is 2.54.